The molecular formula is C29H35ClN4O5. The Labute approximate surface area is 233 Å². The van der Waals surface area contributed by atoms with Crippen LogP contribution in [0.15, 0.2) is 36.7 Å². The van der Waals surface area contributed by atoms with Crippen LogP contribution in [0, 0.1) is 23.7 Å². The first-order valence-corrected chi connectivity index (χ1v) is 14.5. The lowest BCUT2D eigenvalue weighted by Crippen LogP contribution is -2.70. The summed E-state index contributed by atoms with van der Waals surface area (Å²) < 4.78 is 21.1. The number of fused-ring (bicyclic) bond motifs is 3. The molecule has 39 heavy (non-hydrogen) atoms. The van der Waals surface area contributed by atoms with Crippen molar-refractivity contribution < 1.29 is 24.0 Å². The van der Waals surface area contributed by atoms with Crippen molar-refractivity contribution in [2.75, 3.05) is 6.61 Å². The van der Waals surface area contributed by atoms with E-state index in [0.29, 0.717) is 30.0 Å². The number of hydrogen-bond acceptors (Lipinski definition) is 8. The van der Waals surface area contributed by atoms with E-state index in [4.69, 9.17) is 35.6 Å². The highest BCUT2D eigenvalue weighted by molar-refractivity contribution is 6.31. The minimum Gasteiger partial charge on any atom is -0.352 e. The Morgan fingerprint density at radius 1 is 1.13 bits per heavy atom. The van der Waals surface area contributed by atoms with Crippen LogP contribution < -0.4 is 0 Å². The second kappa shape index (κ2) is 9.75. The molecule has 9 nitrogen and oxygen atoms in total. The van der Waals surface area contributed by atoms with E-state index in [-0.39, 0.29) is 18.1 Å². The van der Waals surface area contributed by atoms with Gasteiger partial charge in [-0.1, -0.05) is 36.7 Å². The Morgan fingerprint density at radius 3 is 2.92 bits per heavy atom. The van der Waals surface area contributed by atoms with Crippen molar-refractivity contribution in [3.05, 3.63) is 41.7 Å². The van der Waals surface area contributed by atoms with Gasteiger partial charge in [0.1, 0.15) is 5.69 Å². The van der Waals surface area contributed by atoms with Crippen molar-refractivity contribution in [1.82, 2.24) is 20.0 Å². The molecule has 8 rings (SSSR count). The van der Waals surface area contributed by atoms with Crippen LogP contribution in [0.3, 0.4) is 0 Å². The topological polar surface area (TPSA) is 89.8 Å². The average molecular weight is 555 g/mol. The summed E-state index contributed by atoms with van der Waals surface area (Å²) in [5.74, 6) is 0.537. The van der Waals surface area contributed by atoms with Gasteiger partial charge in [-0.3, -0.25) is 9.67 Å². The molecule has 1 spiro atoms. The number of rotatable bonds is 6. The third kappa shape index (κ3) is 4.29. The molecule has 5 aliphatic rings. The maximum absolute atomic E-state index is 6.52. The summed E-state index contributed by atoms with van der Waals surface area (Å²) in [5.41, 5.74) is 2.06. The molecule has 0 unspecified atom stereocenters. The zero-order valence-corrected chi connectivity index (χ0v) is 23.3. The van der Waals surface area contributed by atoms with Crippen LogP contribution in [0.2, 0.25) is 5.02 Å². The van der Waals surface area contributed by atoms with Crippen LogP contribution in [-0.4, -0.2) is 50.6 Å². The third-order valence-corrected chi connectivity index (χ3v) is 9.67. The zero-order valence-electron chi connectivity index (χ0n) is 22.6. The number of nitrogens with zero attached hydrogens (tertiary/aromatic N) is 4. The van der Waals surface area contributed by atoms with Crippen LogP contribution >= 0.6 is 11.6 Å². The van der Waals surface area contributed by atoms with E-state index in [0.717, 1.165) is 47.8 Å². The van der Waals surface area contributed by atoms with Crippen LogP contribution in [0.5, 0.6) is 0 Å². The summed E-state index contributed by atoms with van der Waals surface area (Å²) in [6, 6.07) is 7.65. The van der Waals surface area contributed by atoms with E-state index >= 15 is 0 Å². The van der Waals surface area contributed by atoms with Crippen molar-refractivity contribution in [3.63, 3.8) is 0 Å². The van der Waals surface area contributed by atoms with E-state index in [9.17, 15) is 0 Å². The smallest absolute Gasteiger partial charge is 0.201 e. The molecule has 0 amide bonds. The van der Waals surface area contributed by atoms with Crippen molar-refractivity contribution in [1.29, 1.82) is 0 Å². The quantitative estimate of drug-likeness (QED) is 0.280. The number of aryl methyl sites for hydroxylation is 1. The van der Waals surface area contributed by atoms with Crippen LogP contribution in [0.1, 0.15) is 52.9 Å². The molecule has 2 bridgehead atoms. The molecule has 3 aromatic rings. The van der Waals surface area contributed by atoms with Crippen molar-refractivity contribution >= 4 is 22.5 Å². The molecule has 1 saturated carbocycles. The largest absolute Gasteiger partial charge is 0.352 e. The van der Waals surface area contributed by atoms with Gasteiger partial charge in [0, 0.05) is 47.0 Å². The first-order valence-electron chi connectivity index (χ1n) is 14.1. The van der Waals surface area contributed by atoms with Crippen LogP contribution in [0.25, 0.3) is 22.2 Å². The van der Waals surface area contributed by atoms with Gasteiger partial charge < -0.3 is 14.2 Å². The molecule has 5 fully saturated rings. The van der Waals surface area contributed by atoms with Gasteiger partial charge in [-0.2, -0.15) is 0 Å². The third-order valence-electron chi connectivity index (χ3n) is 9.43. The lowest BCUT2D eigenvalue weighted by atomic mass is 9.58. The van der Waals surface area contributed by atoms with Crippen molar-refractivity contribution in [2.45, 2.75) is 83.4 Å². The predicted molar refractivity (Wildman–Crippen MR) is 143 cm³/mol. The van der Waals surface area contributed by atoms with Gasteiger partial charge in [-0.15, -0.1) is 5.10 Å². The highest BCUT2D eigenvalue weighted by Gasteiger charge is 2.69. The van der Waals surface area contributed by atoms with E-state index in [1.165, 1.54) is 6.42 Å². The fourth-order valence-corrected chi connectivity index (χ4v) is 7.53. The molecule has 208 valence electrons. The molecule has 6 heterocycles. The molecule has 1 aromatic carbocycles. The highest BCUT2D eigenvalue weighted by atomic mass is 35.5. The summed E-state index contributed by atoms with van der Waals surface area (Å²) in [6.45, 7) is 7.72. The van der Waals surface area contributed by atoms with Crippen LogP contribution in [-0.2, 0) is 30.5 Å². The molecule has 4 saturated heterocycles. The van der Waals surface area contributed by atoms with Crippen molar-refractivity contribution in [3.8, 4) is 11.3 Å². The number of aromatic nitrogens is 4. The first-order chi connectivity index (χ1) is 18.9. The fourth-order valence-electron chi connectivity index (χ4n) is 7.36. The van der Waals surface area contributed by atoms with Gasteiger partial charge in [-0.05, 0) is 62.6 Å². The number of hydrogen-bond donors (Lipinski definition) is 0. The Kier molecular flexibility index (Phi) is 6.45. The zero-order chi connectivity index (χ0) is 26.8. The lowest BCUT2D eigenvalue weighted by molar-refractivity contribution is -0.577. The lowest BCUT2D eigenvalue weighted by Gasteiger charge is -2.60. The van der Waals surface area contributed by atoms with Crippen molar-refractivity contribution in [2.24, 2.45) is 23.7 Å². The van der Waals surface area contributed by atoms with E-state index in [1.807, 2.05) is 42.1 Å². The Morgan fingerprint density at radius 2 is 2.03 bits per heavy atom. The molecule has 10 heteroatoms. The van der Waals surface area contributed by atoms with Gasteiger partial charge in [0.05, 0.1) is 18.3 Å². The standard InChI is InChI=1S/C29H35ClN4O5/c1-17-5-8-23-18(2)26(36-27-29(23)22(17)9-11-28(3,37-27)38-39-29)35-14-4-13-34-16-25(32-33-34)21-10-12-31-24-15-19(30)6-7-20(21)24/h6-7,10,12,15-18,22-23,26-27H,4-5,8-9,11,13-14H2,1-3H3/t17-,18-,22+,23+,26+,27-,28-,29-/m1/s1. The summed E-state index contributed by atoms with van der Waals surface area (Å²) in [5, 5.41) is 10.4. The Hall–Kier alpha value is -2.14. The molecule has 2 aromatic heterocycles. The summed E-state index contributed by atoms with van der Waals surface area (Å²) in [6.07, 6.45) is 7.73. The summed E-state index contributed by atoms with van der Waals surface area (Å²) in [7, 11) is 0. The second-order valence-electron chi connectivity index (χ2n) is 11.9. The van der Waals surface area contributed by atoms with Gasteiger partial charge in [0.15, 0.2) is 18.2 Å². The minimum atomic E-state index is -0.778. The first kappa shape index (κ1) is 25.8. The van der Waals surface area contributed by atoms with Gasteiger partial charge in [-0.25, -0.2) is 9.78 Å². The number of ether oxygens (including phenoxy) is 3. The minimum absolute atomic E-state index is 0.164. The number of benzene rings is 1. The maximum atomic E-state index is 6.52. The molecule has 8 atom stereocenters. The Balaban J connectivity index is 1.01. The average Bonchev–Trinajstić information content (AvgIpc) is 3.28. The summed E-state index contributed by atoms with van der Waals surface area (Å²) >= 11 is 6.14. The summed E-state index contributed by atoms with van der Waals surface area (Å²) in [4.78, 5) is 16.6. The molecular weight excluding hydrogens is 520 g/mol. The normalized spacial score (nSPS) is 37.5. The SMILES string of the molecule is C[C@H]1[C@@H](OCCCn2cc(-c3ccnc4cc(Cl)ccc34)nn2)O[C@@H]2O[C@@]3(C)CC[C@H]4[C@H](C)CC[C@@H]1[C@@]24OO3. The van der Waals surface area contributed by atoms with E-state index in [2.05, 4.69) is 29.1 Å². The van der Waals surface area contributed by atoms with Gasteiger partial charge >= 0.3 is 0 Å². The van der Waals surface area contributed by atoms with E-state index < -0.39 is 17.7 Å². The fraction of sp³-hybridized carbons (Fsp3) is 0.621. The van der Waals surface area contributed by atoms with Crippen LogP contribution in [0.4, 0.5) is 0 Å². The second-order valence-corrected chi connectivity index (χ2v) is 12.3. The monoisotopic (exact) mass is 554 g/mol. The number of halogens is 1. The maximum Gasteiger partial charge on any atom is 0.201 e. The molecule has 1 aliphatic carbocycles. The highest BCUT2D eigenvalue weighted by Crippen LogP contribution is 2.60. The molecule has 0 radical (unpaired) electrons. The number of pyridine rings is 1. The molecule has 4 aliphatic heterocycles. The molecule has 0 N–H and O–H groups in total. The predicted octanol–water partition coefficient (Wildman–Crippen LogP) is 5.76. The van der Waals surface area contributed by atoms with Gasteiger partial charge in [0.25, 0.3) is 0 Å². The van der Waals surface area contributed by atoms with Gasteiger partial charge in [0.2, 0.25) is 5.79 Å². The van der Waals surface area contributed by atoms with E-state index in [1.54, 1.807) is 6.20 Å². The Bertz CT molecular complexity index is 1370.